The van der Waals surface area contributed by atoms with Crippen LogP contribution in [-0.2, 0) is 6.42 Å². The highest BCUT2D eigenvalue weighted by Gasteiger charge is 2.35. The summed E-state index contributed by atoms with van der Waals surface area (Å²) in [5, 5.41) is 15.6. The third-order valence-corrected chi connectivity index (χ3v) is 14.4. The van der Waals surface area contributed by atoms with E-state index in [1.807, 2.05) is 6.07 Å². The normalized spacial score (nSPS) is 11.8. The molecule has 0 N–H and O–H groups in total. The number of para-hydroxylation sites is 1. The molecule has 0 unspecified atom stereocenters. The zero-order valence-electron chi connectivity index (χ0n) is 38.8. The molecule has 2 heterocycles. The van der Waals surface area contributed by atoms with Gasteiger partial charge in [-0.2, -0.15) is 0 Å². The van der Waals surface area contributed by atoms with E-state index in [2.05, 4.69) is 236 Å². The van der Waals surface area contributed by atoms with Gasteiger partial charge in [-0.3, -0.25) is 0 Å². The fraction of sp³-hybridized carbons (Fsp3) is 0.0455. The highest BCUT2D eigenvalue weighted by Crippen LogP contribution is 2.59. The molecule has 0 saturated heterocycles. The molecule has 4 heteroatoms. The number of hydrogen-bond donors (Lipinski definition) is 0. The molecule has 70 heavy (non-hydrogen) atoms. The minimum Gasteiger partial charge on any atom is -0.455 e. The first-order valence-electron chi connectivity index (χ1n) is 24.0. The van der Waals surface area contributed by atoms with E-state index in [1.165, 1.54) is 38.9 Å². The van der Waals surface area contributed by atoms with Crippen LogP contribution < -0.4 is 0 Å². The molecule has 0 radical (unpaired) electrons. The predicted octanol–water partition coefficient (Wildman–Crippen LogP) is 17.3. The maximum absolute atomic E-state index is 7.65. The Morgan fingerprint density at radius 3 is 1.59 bits per heavy atom. The molecule has 0 amide bonds. The van der Waals surface area contributed by atoms with E-state index in [-0.39, 0.29) is 0 Å². The number of nitrogens with zero attached hydrogens (tertiary/aromatic N) is 3. The van der Waals surface area contributed by atoms with E-state index in [0.29, 0.717) is 0 Å². The summed E-state index contributed by atoms with van der Waals surface area (Å²) in [6, 6.07) is 78.5. The van der Waals surface area contributed by atoms with Crippen molar-refractivity contribution in [1.82, 2.24) is 15.4 Å². The van der Waals surface area contributed by atoms with Gasteiger partial charge in [0.05, 0.1) is 11.9 Å². The van der Waals surface area contributed by atoms with Crippen molar-refractivity contribution >= 4 is 21.9 Å². The van der Waals surface area contributed by atoms with Crippen LogP contribution in [0.4, 0.5) is 0 Å². The molecule has 12 aromatic rings. The second-order valence-corrected chi connectivity index (χ2v) is 18.3. The molecular weight excluding hydrogens is 851 g/mol. The van der Waals surface area contributed by atoms with Crippen molar-refractivity contribution in [3.8, 4) is 100 Å². The number of aryl methyl sites for hydroxylation is 1. The van der Waals surface area contributed by atoms with Crippen LogP contribution in [0.5, 0.6) is 0 Å². The Kier molecular flexibility index (Phi) is 9.98. The van der Waals surface area contributed by atoms with E-state index < -0.39 is 0 Å². The van der Waals surface area contributed by atoms with Crippen molar-refractivity contribution in [1.29, 1.82) is 0 Å². The smallest absolute Gasteiger partial charge is 0.144 e. The van der Waals surface area contributed by atoms with Gasteiger partial charge in [-0.05, 0) is 121 Å². The molecule has 13 rings (SSSR count). The quantitative estimate of drug-likeness (QED) is 0.152. The molecule has 2 aromatic heterocycles. The van der Waals surface area contributed by atoms with Crippen LogP contribution in [0.1, 0.15) is 22.3 Å². The molecule has 0 saturated carbocycles. The summed E-state index contributed by atoms with van der Waals surface area (Å²) in [5.74, 6) is 0. The molecule has 4 nitrogen and oxygen atoms in total. The molecule has 0 bridgehead atoms. The topological polar surface area (TPSA) is 51.8 Å². The second-order valence-electron chi connectivity index (χ2n) is 18.3. The summed E-state index contributed by atoms with van der Waals surface area (Å²) in [6.07, 6.45) is 2.57. The van der Waals surface area contributed by atoms with Gasteiger partial charge in [-0.1, -0.05) is 212 Å². The van der Waals surface area contributed by atoms with Gasteiger partial charge in [0.25, 0.3) is 0 Å². The maximum Gasteiger partial charge on any atom is 0.144 e. The van der Waals surface area contributed by atoms with Crippen LogP contribution in [-0.4, -0.2) is 15.4 Å². The summed E-state index contributed by atoms with van der Waals surface area (Å²) in [4.78, 5) is 0. The molecular formula is C66H45N3O. The fourth-order valence-corrected chi connectivity index (χ4v) is 11.2. The highest BCUT2D eigenvalue weighted by atomic mass is 16.3. The van der Waals surface area contributed by atoms with E-state index in [9.17, 15) is 0 Å². The third kappa shape index (κ3) is 6.63. The Morgan fingerprint density at radius 1 is 0.386 bits per heavy atom. The fourth-order valence-electron chi connectivity index (χ4n) is 11.2. The minimum atomic E-state index is 0.727. The zero-order chi connectivity index (χ0) is 46.7. The van der Waals surface area contributed by atoms with Crippen molar-refractivity contribution in [2.24, 2.45) is 0 Å². The van der Waals surface area contributed by atoms with Crippen LogP contribution in [0.3, 0.4) is 0 Å². The lowest BCUT2D eigenvalue weighted by molar-refractivity contribution is 0.671. The lowest BCUT2D eigenvalue weighted by Crippen LogP contribution is -2.04. The average Bonchev–Trinajstić information content (AvgIpc) is 4.00. The van der Waals surface area contributed by atoms with Gasteiger partial charge < -0.3 is 4.42 Å². The summed E-state index contributed by atoms with van der Waals surface area (Å²) in [5.41, 5.74) is 26.4. The van der Waals surface area contributed by atoms with Crippen molar-refractivity contribution < 1.29 is 4.42 Å². The number of benzene rings is 10. The lowest BCUT2D eigenvalue weighted by Gasteiger charge is -2.27. The highest BCUT2D eigenvalue weighted by molar-refractivity contribution is 6.27. The summed E-state index contributed by atoms with van der Waals surface area (Å²) < 4.78 is 7.65. The molecule has 1 aliphatic carbocycles. The van der Waals surface area contributed by atoms with Gasteiger partial charge in [0, 0.05) is 38.6 Å². The van der Waals surface area contributed by atoms with Crippen LogP contribution in [0.15, 0.2) is 229 Å². The van der Waals surface area contributed by atoms with Crippen LogP contribution in [0.25, 0.3) is 122 Å². The summed E-state index contributed by atoms with van der Waals surface area (Å²) in [7, 11) is 0. The maximum atomic E-state index is 7.65. The SMILES string of the molecule is Cc1cc2c(c(-c3c(-c4ccccc4)c(-c4ccccc4)c4oc5c(-c6ccccc6)cccc5c4c3-c3ccc(-c4ccccc4)c(-c4ccccc4)c3-c3ccnnn3)c1C)Cc1ccccc1-2. The predicted molar refractivity (Wildman–Crippen MR) is 288 cm³/mol. The van der Waals surface area contributed by atoms with Gasteiger partial charge in [-0.25, -0.2) is 0 Å². The Hall–Kier alpha value is -8.99. The summed E-state index contributed by atoms with van der Waals surface area (Å²) in [6.45, 7) is 4.60. The molecule has 0 aliphatic heterocycles. The van der Waals surface area contributed by atoms with E-state index in [1.54, 1.807) is 6.20 Å². The van der Waals surface area contributed by atoms with Gasteiger partial charge in [0.15, 0.2) is 0 Å². The lowest BCUT2D eigenvalue weighted by atomic mass is 9.75. The van der Waals surface area contributed by atoms with E-state index in [4.69, 9.17) is 9.52 Å². The second kappa shape index (κ2) is 17.0. The van der Waals surface area contributed by atoms with Gasteiger partial charge in [0.2, 0.25) is 0 Å². The Balaban J connectivity index is 1.33. The minimum absolute atomic E-state index is 0.727. The first kappa shape index (κ1) is 41.2. The van der Waals surface area contributed by atoms with Gasteiger partial charge in [0.1, 0.15) is 11.2 Å². The number of aromatic nitrogens is 3. The Labute approximate surface area is 407 Å². The van der Waals surface area contributed by atoms with Crippen molar-refractivity contribution in [2.75, 3.05) is 0 Å². The van der Waals surface area contributed by atoms with Crippen LogP contribution in [0.2, 0.25) is 0 Å². The number of furan rings is 1. The van der Waals surface area contributed by atoms with Crippen molar-refractivity contribution in [2.45, 2.75) is 20.3 Å². The van der Waals surface area contributed by atoms with Crippen LogP contribution in [0, 0.1) is 13.8 Å². The summed E-state index contributed by atoms with van der Waals surface area (Å²) >= 11 is 0. The number of fused-ring (bicyclic) bond motifs is 6. The third-order valence-electron chi connectivity index (χ3n) is 14.4. The van der Waals surface area contributed by atoms with Gasteiger partial charge >= 0.3 is 0 Å². The average molecular weight is 896 g/mol. The number of rotatable bonds is 8. The van der Waals surface area contributed by atoms with E-state index in [0.717, 1.165) is 112 Å². The van der Waals surface area contributed by atoms with Crippen molar-refractivity contribution in [3.05, 3.63) is 247 Å². The molecule has 10 aromatic carbocycles. The molecule has 0 spiro atoms. The first-order chi connectivity index (χ1) is 34.6. The largest absolute Gasteiger partial charge is 0.455 e. The Bertz CT molecular complexity index is 3940. The standard InChI is InChI=1S/C66H45N3O/c1-41-39-54-49-32-19-18-31-48(49)40-55(54)57(42(41)2)64-59(46-27-14-6-15-28-46)60(47-29-16-7-17-30-47)66-63(53-34-20-33-51(65(53)70-66)44-23-10-4-11-24-44)62(64)52-36-35-50(43-21-8-3-9-22-43)58(45-25-12-5-13-26-45)61(52)56-37-38-67-69-68-56/h3-39H,40H2,1-2H3. The first-order valence-corrected chi connectivity index (χ1v) is 24.0. The monoisotopic (exact) mass is 895 g/mol. The molecule has 1 aliphatic rings. The van der Waals surface area contributed by atoms with Crippen molar-refractivity contribution in [3.63, 3.8) is 0 Å². The van der Waals surface area contributed by atoms with E-state index >= 15 is 0 Å². The Morgan fingerprint density at radius 2 is 0.943 bits per heavy atom. The molecule has 0 atom stereocenters. The zero-order valence-corrected chi connectivity index (χ0v) is 38.8. The molecule has 330 valence electrons. The number of hydrogen-bond acceptors (Lipinski definition) is 4. The van der Waals surface area contributed by atoms with Gasteiger partial charge in [-0.15, -0.1) is 10.2 Å². The molecule has 0 fully saturated rings. The van der Waals surface area contributed by atoms with Crippen LogP contribution >= 0.6 is 0 Å².